The first-order valence-electron chi connectivity index (χ1n) is 11.8. The Labute approximate surface area is 196 Å². The Kier molecular flexibility index (Phi) is 8.55. The molecule has 0 spiro atoms. The van der Waals surface area contributed by atoms with E-state index in [0.29, 0.717) is 56.1 Å². The van der Waals surface area contributed by atoms with Crippen molar-refractivity contribution < 1.29 is 14.0 Å². The van der Waals surface area contributed by atoms with E-state index in [0.717, 1.165) is 18.5 Å². The maximum atomic E-state index is 15.3. The molecule has 0 unspecified atom stereocenters. The summed E-state index contributed by atoms with van der Waals surface area (Å²) in [5, 5.41) is 5.45. The summed E-state index contributed by atoms with van der Waals surface area (Å²) < 4.78 is 15.3. The largest absolute Gasteiger partial charge is 0.354 e. The standard InChI is InChI=1S/C26H35FN4O2/c1-19(2)31-14-8-12-26(27,18-31)11-7-13-29-24(32)21-16-22(15-20-9-5-4-6-10-20)30-23(17-21)25(33)28-3/h4-6,9-10,16-17,19H,7-8,11-15,18H2,1-3H3,(H,28,33)(H,29,32)/t26-/m0/s1. The smallest absolute Gasteiger partial charge is 0.269 e. The molecule has 33 heavy (non-hydrogen) atoms. The summed E-state index contributed by atoms with van der Waals surface area (Å²) in [6.45, 7) is 5.99. The molecule has 1 atom stereocenters. The Balaban J connectivity index is 1.61. The van der Waals surface area contributed by atoms with E-state index in [-0.39, 0.29) is 17.5 Å². The van der Waals surface area contributed by atoms with Crippen molar-refractivity contribution in [2.45, 2.75) is 57.7 Å². The molecule has 178 valence electrons. The van der Waals surface area contributed by atoms with Gasteiger partial charge < -0.3 is 10.6 Å². The number of carbonyl (C=O) groups excluding carboxylic acids is 2. The average Bonchev–Trinajstić information content (AvgIpc) is 2.81. The van der Waals surface area contributed by atoms with Crippen molar-refractivity contribution >= 4 is 11.8 Å². The van der Waals surface area contributed by atoms with Crippen molar-refractivity contribution in [3.05, 3.63) is 65.0 Å². The molecule has 6 nitrogen and oxygen atoms in total. The first-order valence-corrected chi connectivity index (χ1v) is 11.8. The zero-order valence-corrected chi connectivity index (χ0v) is 19.9. The second-order valence-corrected chi connectivity index (χ2v) is 9.15. The maximum absolute atomic E-state index is 15.3. The first kappa shape index (κ1) is 24.8. The van der Waals surface area contributed by atoms with Crippen LogP contribution in [0.5, 0.6) is 0 Å². The summed E-state index contributed by atoms with van der Waals surface area (Å²) in [4.78, 5) is 31.6. The number of aromatic nitrogens is 1. The number of hydrogen-bond donors (Lipinski definition) is 2. The Bertz CT molecular complexity index is 951. The summed E-state index contributed by atoms with van der Waals surface area (Å²) in [6, 6.07) is 13.3. The third kappa shape index (κ3) is 7.09. The van der Waals surface area contributed by atoms with E-state index in [2.05, 4.69) is 34.4 Å². The second kappa shape index (κ2) is 11.4. The van der Waals surface area contributed by atoms with E-state index < -0.39 is 5.67 Å². The molecule has 0 saturated carbocycles. The molecule has 0 bridgehead atoms. The van der Waals surface area contributed by atoms with Crippen molar-refractivity contribution in [1.82, 2.24) is 20.5 Å². The van der Waals surface area contributed by atoms with Crippen molar-refractivity contribution in [2.75, 3.05) is 26.7 Å². The molecule has 1 saturated heterocycles. The number of carbonyl (C=O) groups is 2. The molecule has 0 aliphatic carbocycles. The molecule has 1 aliphatic heterocycles. The number of nitrogens with zero attached hydrogens (tertiary/aromatic N) is 2. The first-order chi connectivity index (χ1) is 15.8. The van der Waals surface area contributed by atoms with Gasteiger partial charge in [-0.1, -0.05) is 30.3 Å². The van der Waals surface area contributed by atoms with E-state index >= 15 is 4.39 Å². The van der Waals surface area contributed by atoms with Gasteiger partial charge in [0.2, 0.25) is 0 Å². The van der Waals surface area contributed by atoms with Gasteiger partial charge in [0.25, 0.3) is 11.8 Å². The van der Waals surface area contributed by atoms with Gasteiger partial charge in [-0.25, -0.2) is 9.37 Å². The van der Waals surface area contributed by atoms with Crippen molar-refractivity contribution in [3.63, 3.8) is 0 Å². The fourth-order valence-corrected chi connectivity index (χ4v) is 4.33. The Hall–Kier alpha value is -2.80. The fraction of sp³-hybridized carbons (Fsp3) is 0.500. The van der Waals surface area contributed by atoms with E-state index in [1.165, 1.54) is 13.1 Å². The molecule has 2 heterocycles. The SMILES string of the molecule is CNC(=O)c1cc(C(=O)NCCC[C@]2(F)CCCN(C(C)C)C2)cc(Cc2ccccc2)n1. The molecule has 7 heteroatoms. The van der Waals surface area contributed by atoms with Crippen LogP contribution in [0.15, 0.2) is 42.5 Å². The molecule has 1 aromatic carbocycles. The molecule has 1 aliphatic rings. The lowest BCUT2D eigenvalue weighted by molar-refractivity contribution is 0.0221. The second-order valence-electron chi connectivity index (χ2n) is 9.15. The summed E-state index contributed by atoms with van der Waals surface area (Å²) in [5.41, 5.74) is 1.08. The Morgan fingerprint density at radius 1 is 1.18 bits per heavy atom. The highest BCUT2D eigenvalue weighted by atomic mass is 19.1. The quantitative estimate of drug-likeness (QED) is 0.566. The summed E-state index contributed by atoms with van der Waals surface area (Å²) in [5.74, 6) is -0.623. The highest BCUT2D eigenvalue weighted by molar-refractivity contribution is 5.98. The van der Waals surface area contributed by atoms with Crippen LogP contribution in [-0.2, 0) is 6.42 Å². The topological polar surface area (TPSA) is 74.3 Å². The van der Waals surface area contributed by atoms with Crippen molar-refractivity contribution in [1.29, 1.82) is 0 Å². The molecular weight excluding hydrogens is 419 g/mol. The zero-order valence-electron chi connectivity index (χ0n) is 19.9. The van der Waals surface area contributed by atoms with Crippen LogP contribution in [0.4, 0.5) is 4.39 Å². The molecule has 0 radical (unpaired) electrons. The van der Waals surface area contributed by atoms with Crippen LogP contribution in [-0.4, -0.2) is 60.1 Å². The number of nitrogens with one attached hydrogen (secondary N) is 2. The van der Waals surface area contributed by atoms with Gasteiger partial charge in [0, 0.05) is 43.9 Å². The molecule has 3 rings (SSSR count). The summed E-state index contributed by atoms with van der Waals surface area (Å²) in [6.07, 6.45) is 2.95. The minimum absolute atomic E-state index is 0.203. The Morgan fingerprint density at radius 3 is 2.64 bits per heavy atom. The normalized spacial score (nSPS) is 18.8. The third-order valence-corrected chi connectivity index (χ3v) is 6.20. The van der Waals surface area contributed by atoms with Crippen LogP contribution in [0.25, 0.3) is 0 Å². The van der Waals surface area contributed by atoms with Crippen LogP contribution in [0, 0.1) is 0 Å². The van der Waals surface area contributed by atoms with Gasteiger partial charge in [-0.05, 0) is 63.8 Å². The van der Waals surface area contributed by atoms with Gasteiger partial charge in [-0.15, -0.1) is 0 Å². The molecule has 2 N–H and O–H groups in total. The number of benzene rings is 1. The highest BCUT2D eigenvalue weighted by Crippen LogP contribution is 2.30. The van der Waals surface area contributed by atoms with Gasteiger partial charge >= 0.3 is 0 Å². The fourth-order valence-electron chi connectivity index (χ4n) is 4.33. The number of hydrogen-bond acceptors (Lipinski definition) is 4. The van der Waals surface area contributed by atoms with Crippen molar-refractivity contribution in [3.8, 4) is 0 Å². The van der Waals surface area contributed by atoms with Gasteiger partial charge in [0.1, 0.15) is 11.4 Å². The lowest BCUT2D eigenvalue weighted by atomic mass is 9.89. The lowest BCUT2D eigenvalue weighted by Crippen LogP contribution is -2.48. The van der Waals surface area contributed by atoms with Gasteiger partial charge in [0.05, 0.1) is 0 Å². The zero-order chi connectivity index (χ0) is 23.8. The average molecular weight is 455 g/mol. The summed E-state index contributed by atoms with van der Waals surface area (Å²) >= 11 is 0. The monoisotopic (exact) mass is 454 g/mol. The number of likely N-dealkylation sites (tertiary alicyclic amines) is 1. The van der Waals surface area contributed by atoms with Gasteiger partial charge in [-0.3, -0.25) is 14.5 Å². The molecule has 2 amide bonds. The van der Waals surface area contributed by atoms with Crippen LogP contribution in [0.2, 0.25) is 0 Å². The Morgan fingerprint density at radius 2 is 1.94 bits per heavy atom. The minimum Gasteiger partial charge on any atom is -0.354 e. The molecular formula is C26H35FN4O2. The van der Waals surface area contributed by atoms with Crippen LogP contribution in [0.3, 0.4) is 0 Å². The number of pyridine rings is 1. The predicted molar refractivity (Wildman–Crippen MR) is 128 cm³/mol. The number of piperidine rings is 1. The van der Waals surface area contributed by atoms with E-state index in [1.807, 2.05) is 30.3 Å². The summed E-state index contributed by atoms with van der Waals surface area (Å²) in [7, 11) is 1.53. The number of alkyl halides is 1. The number of rotatable bonds is 9. The number of amides is 2. The van der Waals surface area contributed by atoms with E-state index in [9.17, 15) is 9.59 Å². The van der Waals surface area contributed by atoms with Crippen LogP contribution >= 0.6 is 0 Å². The van der Waals surface area contributed by atoms with Crippen molar-refractivity contribution in [2.24, 2.45) is 0 Å². The lowest BCUT2D eigenvalue weighted by Gasteiger charge is -2.39. The predicted octanol–water partition coefficient (Wildman–Crippen LogP) is 3.75. The number of halogens is 1. The van der Waals surface area contributed by atoms with Crippen LogP contribution in [0.1, 0.15) is 71.6 Å². The van der Waals surface area contributed by atoms with Crippen LogP contribution < -0.4 is 10.6 Å². The van der Waals surface area contributed by atoms with Gasteiger partial charge in [0.15, 0.2) is 0 Å². The minimum atomic E-state index is -1.20. The van der Waals surface area contributed by atoms with Gasteiger partial charge in [-0.2, -0.15) is 0 Å². The van der Waals surface area contributed by atoms with E-state index in [4.69, 9.17) is 0 Å². The molecule has 1 aromatic heterocycles. The third-order valence-electron chi connectivity index (χ3n) is 6.20. The molecule has 1 fully saturated rings. The van der Waals surface area contributed by atoms with E-state index in [1.54, 1.807) is 6.07 Å². The highest BCUT2D eigenvalue weighted by Gasteiger charge is 2.35. The molecule has 2 aromatic rings. The maximum Gasteiger partial charge on any atom is 0.269 e.